The average molecular weight is 462 g/mol. The maximum absolute atomic E-state index is 10.6. The average Bonchev–Trinajstić information content (AvgIpc) is 2.57. The van der Waals surface area contributed by atoms with E-state index in [-0.39, 0.29) is 12.6 Å². The van der Waals surface area contributed by atoms with Crippen LogP contribution in [0.3, 0.4) is 0 Å². The van der Waals surface area contributed by atoms with Crippen molar-refractivity contribution in [3.63, 3.8) is 0 Å². The highest BCUT2D eigenvalue weighted by Gasteiger charge is 2.05. The van der Waals surface area contributed by atoms with Gasteiger partial charge in [-0.3, -0.25) is 4.79 Å². The zero-order valence-corrected chi connectivity index (χ0v) is 17.0. The lowest BCUT2D eigenvalue weighted by molar-refractivity contribution is -0.142. The molecule has 0 spiro atoms. The number of rotatable bonds is 4. The molecule has 0 radical (unpaired) electrons. The number of aryl methyl sites for hydroxylation is 1. The number of carbonyl (C=O) groups is 1. The van der Waals surface area contributed by atoms with Crippen LogP contribution in [0.25, 0.3) is 0 Å². The SMILES string of the molecule is COc1ccc(Br)c(C)n1.COc1ccc(Br)c(COC(C)=O)n1. The van der Waals surface area contributed by atoms with E-state index in [1.54, 1.807) is 19.2 Å². The minimum absolute atomic E-state index is 0.146. The summed E-state index contributed by atoms with van der Waals surface area (Å²) in [5.41, 5.74) is 1.58. The lowest BCUT2D eigenvalue weighted by atomic mass is 10.3. The second kappa shape index (κ2) is 10.2. The normalized spacial score (nSPS) is 9.58. The van der Waals surface area contributed by atoms with Crippen molar-refractivity contribution in [1.29, 1.82) is 0 Å². The third-order valence-corrected chi connectivity index (χ3v) is 4.28. The fourth-order valence-corrected chi connectivity index (χ4v) is 2.04. The van der Waals surface area contributed by atoms with Crippen LogP contribution in [0.5, 0.6) is 11.8 Å². The molecule has 0 bridgehead atoms. The van der Waals surface area contributed by atoms with Crippen LogP contribution in [0.2, 0.25) is 0 Å². The Bertz CT molecular complexity index is 696. The first-order chi connectivity index (χ1) is 11.4. The Morgan fingerprint density at radius 1 is 1.00 bits per heavy atom. The molecule has 0 saturated carbocycles. The molecule has 2 heterocycles. The maximum atomic E-state index is 10.6. The number of aromatic nitrogens is 2. The van der Waals surface area contributed by atoms with Crippen LogP contribution in [0.1, 0.15) is 18.3 Å². The highest BCUT2D eigenvalue weighted by molar-refractivity contribution is 9.10. The van der Waals surface area contributed by atoms with Gasteiger partial charge in [-0.15, -0.1) is 0 Å². The molecule has 0 unspecified atom stereocenters. The summed E-state index contributed by atoms with van der Waals surface area (Å²) in [5, 5.41) is 0. The van der Waals surface area contributed by atoms with Crippen LogP contribution in [0.15, 0.2) is 33.2 Å². The van der Waals surface area contributed by atoms with E-state index < -0.39 is 0 Å². The second-order valence-corrected chi connectivity index (χ2v) is 6.19. The Kier molecular flexibility index (Phi) is 8.70. The summed E-state index contributed by atoms with van der Waals surface area (Å²) in [5.74, 6) is 0.817. The maximum Gasteiger partial charge on any atom is 0.303 e. The van der Waals surface area contributed by atoms with Gasteiger partial charge in [0, 0.05) is 28.0 Å². The lowest BCUT2D eigenvalue weighted by Crippen LogP contribution is -2.02. The summed E-state index contributed by atoms with van der Waals surface area (Å²) in [7, 11) is 3.14. The number of esters is 1. The molecule has 0 saturated heterocycles. The number of halogens is 2. The molecule has 0 aliphatic carbocycles. The highest BCUT2D eigenvalue weighted by atomic mass is 79.9. The van der Waals surface area contributed by atoms with Gasteiger partial charge in [0.15, 0.2) is 0 Å². The number of carbonyl (C=O) groups excluding carboxylic acids is 1. The zero-order valence-electron chi connectivity index (χ0n) is 13.8. The summed E-state index contributed by atoms with van der Waals surface area (Å²) in [6.07, 6.45) is 0. The molecule has 2 aromatic rings. The molecule has 0 aliphatic heterocycles. The van der Waals surface area contributed by atoms with Gasteiger partial charge in [0.05, 0.1) is 25.6 Å². The summed E-state index contributed by atoms with van der Waals surface area (Å²) < 4.78 is 16.5. The molecule has 0 N–H and O–H groups in total. The monoisotopic (exact) mass is 460 g/mol. The second-order valence-electron chi connectivity index (χ2n) is 4.48. The topological polar surface area (TPSA) is 70.5 Å². The number of methoxy groups -OCH3 is 2. The number of hydrogen-bond donors (Lipinski definition) is 0. The summed E-state index contributed by atoms with van der Waals surface area (Å²) >= 11 is 6.64. The van der Waals surface area contributed by atoms with Gasteiger partial charge in [0.1, 0.15) is 6.61 Å². The first kappa shape index (κ1) is 20.4. The molecule has 0 atom stereocenters. The summed E-state index contributed by atoms with van der Waals surface area (Å²) in [4.78, 5) is 18.8. The van der Waals surface area contributed by atoms with Crippen molar-refractivity contribution in [3.8, 4) is 11.8 Å². The van der Waals surface area contributed by atoms with Gasteiger partial charge in [0.2, 0.25) is 11.8 Å². The molecule has 2 rings (SSSR count). The molecule has 0 amide bonds. The van der Waals surface area contributed by atoms with Crippen LogP contribution in [0, 0.1) is 6.92 Å². The number of pyridine rings is 2. The minimum Gasteiger partial charge on any atom is -0.481 e. The van der Waals surface area contributed by atoms with Crippen molar-refractivity contribution in [3.05, 3.63) is 44.6 Å². The fraction of sp³-hybridized carbons (Fsp3) is 0.312. The van der Waals surface area contributed by atoms with Crippen LogP contribution in [-0.4, -0.2) is 30.2 Å². The van der Waals surface area contributed by atoms with Crippen molar-refractivity contribution in [2.75, 3.05) is 14.2 Å². The molecule has 0 aliphatic rings. The highest BCUT2D eigenvalue weighted by Crippen LogP contribution is 2.19. The number of hydrogen-bond acceptors (Lipinski definition) is 6. The Morgan fingerprint density at radius 3 is 2.04 bits per heavy atom. The smallest absolute Gasteiger partial charge is 0.303 e. The molecule has 0 aromatic carbocycles. The van der Waals surface area contributed by atoms with Crippen molar-refractivity contribution in [2.24, 2.45) is 0 Å². The molecule has 6 nitrogen and oxygen atoms in total. The van der Waals surface area contributed by atoms with E-state index in [2.05, 4.69) is 41.8 Å². The predicted octanol–water partition coefficient (Wildman–Crippen LogP) is 4.08. The van der Waals surface area contributed by atoms with Crippen molar-refractivity contribution in [1.82, 2.24) is 9.97 Å². The molecular weight excluding hydrogens is 444 g/mol. The summed E-state index contributed by atoms with van der Waals surface area (Å²) in [6.45, 7) is 3.42. The molecule has 8 heteroatoms. The van der Waals surface area contributed by atoms with E-state index in [0.717, 1.165) is 14.6 Å². The first-order valence-corrected chi connectivity index (χ1v) is 8.45. The van der Waals surface area contributed by atoms with Crippen LogP contribution in [0.4, 0.5) is 0 Å². The Morgan fingerprint density at radius 2 is 1.54 bits per heavy atom. The van der Waals surface area contributed by atoms with Crippen molar-refractivity contribution >= 4 is 37.8 Å². The van der Waals surface area contributed by atoms with Gasteiger partial charge >= 0.3 is 5.97 Å². The van der Waals surface area contributed by atoms with E-state index >= 15 is 0 Å². The minimum atomic E-state index is -0.332. The Hall–Kier alpha value is -1.67. The zero-order chi connectivity index (χ0) is 18.1. The van der Waals surface area contributed by atoms with E-state index in [4.69, 9.17) is 14.2 Å². The lowest BCUT2D eigenvalue weighted by Gasteiger charge is -2.05. The van der Waals surface area contributed by atoms with E-state index in [1.165, 1.54) is 14.0 Å². The quantitative estimate of drug-likeness (QED) is 0.639. The van der Waals surface area contributed by atoms with Crippen molar-refractivity contribution in [2.45, 2.75) is 20.5 Å². The molecular formula is C16H18Br2N2O4. The third kappa shape index (κ3) is 6.84. The number of nitrogens with zero attached hydrogens (tertiary/aromatic N) is 2. The van der Waals surface area contributed by atoms with Gasteiger partial charge in [0.25, 0.3) is 0 Å². The van der Waals surface area contributed by atoms with Gasteiger partial charge in [-0.2, -0.15) is 0 Å². The Balaban J connectivity index is 0.000000254. The molecule has 0 fully saturated rings. The van der Waals surface area contributed by atoms with E-state index in [1.807, 2.05) is 19.1 Å². The molecule has 2 aromatic heterocycles. The van der Waals surface area contributed by atoms with Crippen molar-refractivity contribution < 1.29 is 19.0 Å². The third-order valence-electron chi connectivity index (χ3n) is 2.72. The first-order valence-electron chi connectivity index (χ1n) is 6.87. The predicted molar refractivity (Wildman–Crippen MR) is 97.2 cm³/mol. The van der Waals surface area contributed by atoms with Gasteiger partial charge in [-0.25, -0.2) is 9.97 Å². The van der Waals surface area contributed by atoms with Crippen LogP contribution in [-0.2, 0) is 16.1 Å². The molecule has 130 valence electrons. The Labute approximate surface area is 157 Å². The van der Waals surface area contributed by atoms with Gasteiger partial charge < -0.3 is 14.2 Å². The standard InChI is InChI=1S/C9H10BrNO3.C7H8BrNO/c1-6(12)14-5-8-7(10)3-4-9(11-8)13-2;1-5-6(8)3-4-7(9-5)10-2/h3-4H,5H2,1-2H3;3-4H,1-2H3. The van der Waals surface area contributed by atoms with Crippen LogP contribution >= 0.6 is 31.9 Å². The summed E-state index contributed by atoms with van der Waals surface area (Å²) in [6, 6.07) is 7.25. The van der Waals surface area contributed by atoms with Crippen LogP contribution < -0.4 is 9.47 Å². The van der Waals surface area contributed by atoms with Gasteiger partial charge in [-0.05, 0) is 50.9 Å². The number of ether oxygens (including phenoxy) is 3. The van der Waals surface area contributed by atoms with Gasteiger partial charge in [-0.1, -0.05) is 0 Å². The van der Waals surface area contributed by atoms with E-state index in [0.29, 0.717) is 17.5 Å². The molecule has 24 heavy (non-hydrogen) atoms. The fourth-order valence-electron chi connectivity index (χ4n) is 1.48. The largest absolute Gasteiger partial charge is 0.481 e. The van der Waals surface area contributed by atoms with E-state index in [9.17, 15) is 4.79 Å².